The molecular formula is C22H31N3O4. The number of aliphatic hydroxyl groups excluding tert-OH is 1. The number of rotatable bonds is 6. The highest BCUT2D eigenvalue weighted by molar-refractivity contribution is 5.79. The van der Waals surface area contributed by atoms with Crippen LogP contribution in [-0.4, -0.2) is 59.4 Å². The van der Waals surface area contributed by atoms with Gasteiger partial charge in [0.25, 0.3) is 0 Å². The molecule has 1 aliphatic carbocycles. The van der Waals surface area contributed by atoms with E-state index in [2.05, 4.69) is 39.8 Å². The summed E-state index contributed by atoms with van der Waals surface area (Å²) in [5.41, 5.74) is 2.25. The van der Waals surface area contributed by atoms with E-state index in [0.717, 1.165) is 19.5 Å². The van der Waals surface area contributed by atoms with Crippen molar-refractivity contribution < 1.29 is 19.4 Å². The van der Waals surface area contributed by atoms with Crippen molar-refractivity contribution in [2.75, 3.05) is 19.6 Å². The minimum Gasteiger partial charge on any atom is -0.441 e. The van der Waals surface area contributed by atoms with Gasteiger partial charge in [0.1, 0.15) is 5.60 Å². The molecule has 4 rings (SSSR count). The molecule has 2 heterocycles. The first-order chi connectivity index (χ1) is 13.9. The molecule has 1 saturated carbocycles. The summed E-state index contributed by atoms with van der Waals surface area (Å²) < 4.78 is 5.37. The fourth-order valence-electron chi connectivity index (χ4n) is 4.85. The summed E-state index contributed by atoms with van der Waals surface area (Å²) in [4.78, 5) is 26.3. The summed E-state index contributed by atoms with van der Waals surface area (Å²) in [7, 11) is 0. The molecule has 3 aliphatic rings. The van der Waals surface area contributed by atoms with E-state index in [9.17, 15) is 14.7 Å². The van der Waals surface area contributed by atoms with Crippen molar-refractivity contribution in [2.45, 2.75) is 63.3 Å². The zero-order valence-corrected chi connectivity index (χ0v) is 17.0. The molecular weight excluding hydrogens is 370 g/mol. The molecule has 3 N–H and O–H groups in total. The number of hydrogen-bond acceptors (Lipinski definition) is 5. The largest absolute Gasteiger partial charge is 0.441 e. The monoisotopic (exact) mass is 401 g/mol. The van der Waals surface area contributed by atoms with Crippen molar-refractivity contribution in [1.29, 1.82) is 0 Å². The fraction of sp³-hybridized carbons (Fsp3) is 0.636. The Morgan fingerprint density at radius 1 is 1.41 bits per heavy atom. The third-order valence-electron chi connectivity index (χ3n) is 6.69. The molecule has 2 aliphatic heterocycles. The average molecular weight is 402 g/mol. The maximum atomic E-state index is 12.5. The lowest BCUT2D eigenvalue weighted by Crippen LogP contribution is -2.49. The van der Waals surface area contributed by atoms with E-state index in [1.165, 1.54) is 11.1 Å². The number of ether oxygens (including phenoxy) is 1. The van der Waals surface area contributed by atoms with Crippen LogP contribution in [0.1, 0.15) is 43.7 Å². The molecule has 2 fully saturated rings. The summed E-state index contributed by atoms with van der Waals surface area (Å²) in [6.07, 6.45) is 2.71. The lowest BCUT2D eigenvalue weighted by molar-refractivity contribution is -0.127. The van der Waals surface area contributed by atoms with Gasteiger partial charge < -0.3 is 20.5 Å². The van der Waals surface area contributed by atoms with Crippen LogP contribution in [0.4, 0.5) is 4.79 Å². The molecule has 0 radical (unpaired) electrons. The Labute approximate surface area is 171 Å². The molecule has 0 bridgehead atoms. The Morgan fingerprint density at radius 2 is 2.21 bits per heavy atom. The van der Waals surface area contributed by atoms with Crippen LogP contribution in [0.2, 0.25) is 0 Å². The first-order valence-electron chi connectivity index (χ1n) is 10.7. The van der Waals surface area contributed by atoms with Gasteiger partial charge in [0.2, 0.25) is 5.91 Å². The van der Waals surface area contributed by atoms with E-state index < -0.39 is 11.7 Å². The van der Waals surface area contributed by atoms with Crippen molar-refractivity contribution in [1.82, 2.24) is 15.5 Å². The standard InChI is InChI=1S/C22H31N3O4/c1-22-9-6-16(12-19(22)24-21(28)29-22)20(27)23-10-7-18(26)14-25-11-8-15-4-2-3-5-17(15)13-25/h2-5,16,18-19,26H,6-14H2,1H3,(H,23,27)(H,24,28). The van der Waals surface area contributed by atoms with Crippen molar-refractivity contribution >= 4 is 12.0 Å². The van der Waals surface area contributed by atoms with Crippen molar-refractivity contribution in [3.05, 3.63) is 35.4 Å². The highest BCUT2D eigenvalue weighted by Crippen LogP contribution is 2.38. The Kier molecular flexibility index (Phi) is 5.79. The second kappa shape index (κ2) is 8.32. The average Bonchev–Trinajstić information content (AvgIpc) is 3.00. The molecule has 158 valence electrons. The number of benzene rings is 1. The summed E-state index contributed by atoms with van der Waals surface area (Å²) in [6.45, 7) is 4.84. The number of β-amino-alcohol motifs (C(OH)–C–C–N with tert-alkyl or cyclic N) is 1. The van der Waals surface area contributed by atoms with Gasteiger partial charge in [0, 0.05) is 32.1 Å². The lowest BCUT2D eigenvalue weighted by atomic mass is 9.76. The van der Waals surface area contributed by atoms with Crippen LogP contribution in [0.3, 0.4) is 0 Å². The lowest BCUT2D eigenvalue weighted by Gasteiger charge is -2.36. The van der Waals surface area contributed by atoms with Gasteiger partial charge in [-0.3, -0.25) is 9.69 Å². The SMILES string of the molecule is CC12CCC(C(=O)NCCC(O)CN3CCc4ccccc4C3)CC1NC(=O)O2. The zero-order valence-electron chi connectivity index (χ0n) is 17.0. The molecule has 4 unspecified atom stereocenters. The van der Waals surface area contributed by atoms with Crippen LogP contribution >= 0.6 is 0 Å². The van der Waals surface area contributed by atoms with Gasteiger partial charge in [0.05, 0.1) is 12.1 Å². The van der Waals surface area contributed by atoms with Crippen molar-refractivity contribution in [2.24, 2.45) is 5.92 Å². The van der Waals surface area contributed by atoms with Gasteiger partial charge in [-0.2, -0.15) is 0 Å². The second-order valence-corrected chi connectivity index (χ2v) is 8.86. The van der Waals surface area contributed by atoms with Gasteiger partial charge in [-0.05, 0) is 50.2 Å². The molecule has 29 heavy (non-hydrogen) atoms. The Hall–Kier alpha value is -2.12. The summed E-state index contributed by atoms with van der Waals surface area (Å²) in [5, 5.41) is 16.2. The number of carbonyl (C=O) groups is 2. The number of nitrogens with zero attached hydrogens (tertiary/aromatic N) is 1. The quantitative estimate of drug-likeness (QED) is 0.673. The highest BCUT2D eigenvalue weighted by Gasteiger charge is 2.49. The van der Waals surface area contributed by atoms with Crippen LogP contribution in [0.15, 0.2) is 24.3 Å². The normalized spacial score (nSPS) is 29.9. The van der Waals surface area contributed by atoms with E-state index in [1.807, 2.05) is 6.92 Å². The zero-order chi connectivity index (χ0) is 20.4. The number of alkyl carbamates (subject to hydrolysis) is 1. The molecule has 0 aromatic heterocycles. The number of fused-ring (bicyclic) bond motifs is 2. The van der Waals surface area contributed by atoms with Crippen LogP contribution < -0.4 is 10.6 Å². The summed E-state index contributed by atoms with van der Waals surface area (Å²) >= 11 is 0. The molecule has 7 nitrogen and oxygen atoms in total. The Balaban J connectivity index is 1.18. The van der Waals surface area contributed by atoms with Gasteiger partial charge in [-0.1, -0.05) is 24.3 Å². The fourth-order valence-corrected chi connectivity index (χ4v) is 4.85. The van der Waals surface area contributed by atoms with Crippen LogP contribution in [0.25, 0.3) is 0 Å². The summed E-state index contributed by atoms with van der Waals surface area (Å²) in [5.74, 6) is -0.113. The molecule has 1 saturated heterocycles. The molecule has 4 atom stereocenters. The molecule has 0 spiro atoms. The summed E-state index contributed by atoms with van der Waals surface area (Å²) in [6, 6.07) is 8.36. The van der Waals surface area contributed by atoms with E-state index >= 15 is 0 Å². The molecule has 2 amide bonds. The van der Waals surface area contributed by atoms with Gasteiger partial charge in [-0.25, -0.2) is 4.79 Å². The Morgan fingerprint density at radius 3 is 3.03 bits per heavy atom. The first-order valence-corrected chi connectivity index (χ1v) is 10.7. The van der Waals surface area contributed by atoms with Crippen molar-refractivity contribution in [3.63, 3.8) is 0 Å². The number of amides is 2. The number of nitrogens with one attached hydrogen (secondary N) is 2. The minimum absolute atomic E-state index is 0.00676. The number of hydrogen-bond donors (Lipinski definition) is 3. The number of carbonyl (C=O) groups excluding carboxylic acids is 2. The smallest absolute Gasteiger partial charge is 0.408 e. The van der Waals surface area contributed by atoms with Gasteiger partial charge in [-0.15, -0.1) is 0 Å². The van der Waals surface area contributed by atoms with Crippen LogP contribution in [0.5, 0.6) is 0 Å². The van der Waals surface area contributed by atoms with E-state index in [4.69, 9.17) is 4.74 Å². The number of aliphatic hydroxyl groups is 1. The minimum atomic E-state index is -0.489. The molecule has 7 heteroatoms. The molecule has 1 aromatic rings. The van der Waals surface area contributed by atoms with E-state index in [1.54, 1.807) is 0 Å². The molecule has 1 aromatic carbocycles. The van der Waals surface area contributed by atoms with Gasteiger partial charge in [0.15, 0.2) is 0 Å². The van der Waals surface area contributed by atoms with Gasteiger partial charge >= 0.3 is 6.09 Å². The van der Waals surface area contributed by atoms with Crippen LogP contribution in [-0.2, 0) is 22.5 Å². The maximum Gasteiger partial charge on any atom is 0.408 e. The third-order valence-corrected chi connectivity index (χ3v) is 6.69. The Bertz CT molecular complexity index is 770. The predicted octanol–water partition coefficient (Wildman–Crippen LogP) is 1.58. The first kappa shape index (κ1) is 20.2. The predicted molar refractivity (Wildman–Crippen MR) is 108 cm³/mol. The topological polar surface area (TPSA) is 90.9 Å². The second-order valence-electron chi connectivity index (χ2n) is 8.86. The van der Waals surface area contributed by atoms with Crippen LogP contribution in [0, 0.1) is 5.92 Å². The third kappa shape index (κ3) is 4.56. The van der Waals surface area contributed by atoms with E-state index in [0.29, 0.717) is 38.8 Å². The van der Waals surface area contributed by atoms with E-state index in [-0.39, 0.29) is 24.0 Å². The van der Waals surface area contributed by atoms with Crippen molar-refractivity contribution in [3.8, 4) is 0 Å². The maximum absolute atomic E-state index is 12.5. The highest BCUT2D eigenvalue weighted by atomic mass is 16.6.